The fourth-order valence-corrected chi connectivity index (χ4v) is 5.99. The van der Waals surface area contributed by atoms with E-state index in [1.807, 2.05) is 0 Å². The van der Waals surface area contributed by atoms with E-state index in [-0.39, 0.29) is 46.3 Å². The molecule has 6 heteroatoms. The molecule has 0 aromatic heterocycles. The van der Waals surface area contributed by atoms with Gasteiger partial charge < -0.3 is 30.6 Å². The lowest BCUT2D eigenvalue weighted by Crippen LogP contribution is -2.43. The number of hydrogen-bond acceptors (Lipinski definition) is 6. The molecule has 0 saturated carbocycles. The predicted molar refractivity (Wildman–Crippen MR) is 98.4 cm³/mol. The molecule has 1 spiro atoms. The third-order valence-corrected chi connectivity index (χ3v) is 6.76. The Balaban J connectivity index is 1.73. The summed E-state index contributed by atoms with van der Waals surface area (Å²) in [6.45, 7) is 0. The van der Waals surface area contributed by atoms with Crippen LogP contribution in [0.1, 0.15) is 45.2 Å². The Morgan fingerprint density at radius 3 is 1.96 bits per heavy atom. The first-order chi connectivity index (χ1) is 13.3. The fourth-order valence-electron chi connectivity index (χ4n) is 5.99. The highest BCUT2D eigenvalue weighted by molar-refractivity contribution is 5.77. The smallest absolute Gasteiger partial charge is 0.157 e. The van der Waals surface area contributed by atoms with Crippen molar-refractivity contribution in [3.8, 4) is 34.5 Å². The van der Waals surface area contributed by atoms with E-state index in [1.165, 1.54) is 18.2 Å². The van der Waals surface area contributed by atoms with E-state index in [0.717, 1.165) is 16.7 Å². The van der Waals surface area contributed by atoms with Crippen LogP contribution in [0.15, 0.2) is 36.4 Å². The molecule has 6 rings (SSSR count). The summed E-state index contributed by atoms with van der Waals surface area (Å²) in [6, 6.07) is 8.87. The second-order valence-corrected chi connectivity index (χ2v) is 8.02. The highest BCUT2D eigenvalue weighted by Crippen LogP contribution is 2.75. The van der Waals surface area contributed by atoms with Crippen LogP contribution in [0.3, 0.4) is 0 Å². The number of phenols is 6. The number of fused-ring (bicyclic) bond motifs is 7. The van der Waals surface area contributed by atoms with Gasteiger partial charge >= 0.3 is 0 Å². The van der Waals surface area contributed by atoms with Crippen LogP contribution in [0, 0.1) is 0 Å². The topological polar surface area (TPSA) is 121 Å². The standard InChI is InChI=1S/C22H16O6/c23-9-1-8-7-22-13-6-15(26)14(25)5-11(13)20(22)19-12(2-10(24)4-17(19)28)21(22)18(8)16(27)3-9/h1-6,20-21,23-28H,7H2. The first kappa shape index (κ1) is 15.5. The van der Waals surface area contributed by atoms with Crippen molar-refractivity contribution in [1.29, 1.82) is 0 Å². The quantitative estimate of drug-likeness (QED) is 0.336. The molecule has 6 nitrogen and oxygen atoms in total. The van der Waals surface area contributed by atoms with Crippen molar-refractivity contribution in [2.75, 3.05) is 0 Å². The van der Waals surface area contributed by atoms with E-state index in [0.29, 0.717) is 23.1 Å². The Labute approximate surface area is 159 Å². The van der Waals surface area contributed by atoms with Crippen LogP contribution in [0.2, 0.25) is 0 Å². The summed E-state index contributed by atoms with van der Waals surface area (Å²) in [7, 11) is 0. The van der Waals surface area contributed by atoms with Crippen molar-refractivity contribution in [3.63, 3.8) is 0 Å². The Hall–Kier alpha value is -3.54. The van der Waals surface area contributed by atoms with Crippen molar-refractivity contribution in [3.05, 3.63) is 69.8 Å². The number of phenolic OH excluding ortho intramolecular Hbond substituents is 6. The highest BCUT2D eigenvalue weighted by Gasteiger charge is 2.67. The molecule has 28 heavy (non-hydrogen) atoms. The minimum absolute atomic E-state index is 0.0312. The molecule has 3 atom stereocenters. The zero-order valence-corrected chi connectivity index (χ0v) is 14.5. The summed E-state index contributed by atoms with van der Waals surface area (Å²) in [4.78, 5) is 0. The minimum atomic E-state index is -0.568. The normalized spacial score (nSPS) is 25.3. The van der Waals surface area contributed by atoms with Crippen LogP contribution in [-0.4, -0.2) is 30.6 Å². The third-order valence-electron chi connectivity index (χ3n) is 6.76. The Kier molecular flexibility index (Phi) is 2.48. The van der Waals surface area contributed by atoms with Gasteiger partial charge in [-0.25, -0.2) is 0 Å². The highest BCUT2D eigenvalue weighted by atomic mass is 16.3. The van der Waals surface area contributed by atoms with Crippen molar-refractivity contribution in [2.45, 2.75) is 23.7 Å². The van der Waals surface area contributed by atoms with E-state index in [2.05, 4.69) is 0 Å². The molecule has 0 aliphatic heterocycles. The molecule has 0 heterocycles. The monoisotopic (exact) mass is 376 g/mol. The van der Waals surface area contributed by atoms with Crippen LogP contribution < -0.4 is 0 Å². The Morgan fingerprint density at radius 2 is 1.21 bits per heavy atom. The lowest BCUT2D eigenvalue weighted by Gasteiger charge is -2.48. The maximum absolute atomic E-state index is 10.6. The third kappa shape index (κ3) is 1.48. The molecular weight excluding hydrogens is 360 g/mol. The zero-order valence-electron chi connectivity index (χ0n) is 14.5. The van der Waals surface area contributed by atoms with Gasteiger partial charge in [0, 0.05) is 40.5 Å². The Bertz CT molecular complexity index is 1230. The summed E-state index contributed by atoms with van der Waals surface area (Å²) >= 11 is 0. The van der Waals surface area contributed by atoms with Gasteiger partial charge in [-0.15, -0.1) is 0 Å². The molecule has 6 N–H and O–H groups in total. The van der Waals surface area contributed by atoms with Crippen molar-refractivity contribution < 1.29 is 30.6 Å². The van der Waals surface area contributed by atoms with Crippen LogP contribution >= 0.6 is 0 Å². The van der Waals surface area contributed by atoms with Gasteiger partial charge in [-0.1, -0.05) is 0 Å². The average Bonchev–Trinajstić information content (AvgIpc) is 3.07. The number of rotatable bonds is 0. The number of benzene rings is 3. The fraction of sp³-hybridized carbons (Fsp3) is 0.182. The number of hydrogen-bond donors (Lipinski definition) is 6. The molecule has 0 fully saturated rings. The average molecular weight is 376 g/mol. The first-order valence-electron chi connectivity index (χ1n) is 8.99. The van der Waals surface area contributed by atoms with E-state index in [1.54, 1.807) is 18.2 Å². The van der Waals surface area contributed by atoms with E-state index in [9.17, 15) is 30.6 Å². The van der Waals surface area contributed by atoms with Crippen LogP contribution in [0.4, 0.5) is 0 Å². The van der Waals surface area contributed by atoms with E-state index in [4.69, 9.17) is 0 Å². The molecule has 3 aromatic carbocycles. The minimum Gasteiger partial charge on any atom is -0.508 e. The van der Waals surface area contributed by atoms with E-state index >= 15 is 0 Å². The van der Waals surface area contributed by atoms with Crippen molar-refractivity contribution in [1.82, 2.24) is 0 Å². The van der Waals surface area contributed by atoms with Gasteiger partial charge in [-0.2, -0.15) is 0 Å². The second-order valence-electron chi connectivity index (χ2n) is 8.02. The number of aromatic hydroxyl groups is 6. The summed E-state index contributed by atoms with van der Waals surface area (Å²) in [5, 5.41) is 61.4. The Morgan fingerprint density at radius 1 is 0.607 bits per heavy atom. The van der Waals surface area contributed by atoms with Crippen LogP contribution in [0.25, 0.3) is 0 Å². The van der Waals surface area contributed by atoms with Crippen molar-refractivity contribution in [2.24, 2.45) is 0 Å². The molecule has 3 aromatic rings. The van der Waals surface area contributed by atoms with Crippen LogP contribution in [-0.2, 0) is 11.8 Å². The second kappa shape index (κ2) is 4.47. The molecule has 3 aliphatic carbocycles. The summed E-state index contributed by atoms with van der Waals surface area (Å²) in [5.74, 6) is -1.25. The van der Waals surface area contributed by atoms with Crippen molar-refractivity contribution >= 4 is 0 Å². The predicted octanol–water partition coefficient (Wildman–Crippen LogP) is 3.01. The lowest BCUT2D eigenvalue weighted by atomic mass is 9.53. The maximum atomic E-state index is 10.6. The SMILES string of the molecule is Oc1cc(O)c2c(c1)CC13c4cc(O)c(O)cc4C1c1c(O)cc(O)cc1C23. The summed E-state index contributed by atoms with van der Waals surface area (Å²) < 4.78 is 0. The lowest BCUT2D eigenvalue weighted by molar-refractivity contribution is 0.320. The van der Waals surface area contributed by atoms with Gasteiger partial charge in [0.1, 0.15) is 23.0 Å². The molecule has 0 saturated heterocycles. The maximum Gasteiger partial charge on any atom is 0.157 e. The van der Waals surface area contributed by atoms with Gasteiger partial charge in [0.2, 0.25) is 0 Å². The molecule has 0 bridgehead atoms. The summed E-state index contributed by atoms with van der Waals surface area (Å²) in [6.07, 6.45) is 0.492. The molecular formula is C22H16O6. The van der Waals surface area contributed by atoms with Crippen LogP contribution in [0.5, 0.6) is 34.5 Å². The molecule has 0 amide bonds. The molecule has 3 unspecified atom stereocenters. The van der Waals surface area contributed by atoms with E-state index < -0.39 is 5.41 Å². The largest absolute Gasteiger partial charge is 0.508 e. The van der Waals surface area contributed by atoms with Gasteiger partial charge in [0.25, 0.3) is 0 Å². The molecule has 3 aliphatic rings. The molecule has 0 radical (unpaired) electrons. The van der Waals surface area contributed by atoms with Gasteiger partial charge in [0.15, 0.2) is 11.5 Å². The van der Waals surface area contributed by atoms with Gasteiger partial charge in [-0.3, -0.25) is 0 Å². The van der Waals surface area contributed by atoms with Gasteiger partial charge in [-0.05, 0) is 52.9 Å². The summed E-state index contributed by atoms with van der Waals surface area (Å²) in [5.41, 5.74) is 3.89. The van der Waals surface area contributed by atoms with Gasteiger partial charge in [0.05, 0.1) is 0 Å². The molecule has 140 valence electrons. The zero-order chi connectivity index (χ0) is 19.5. The first-order valence-corrected chi connectivity index (χ1v) is 8.99.